The predicted octanol–water partition coefficient (Wildman–Crippen LogP) is 2.57. The number of aryl methyl sites for hydroxylation is 1. The summed E-state index contributed by atoms with van der Waals surface area (Å²) in [7, 11) is 0. The van der Waals surface area contributed by atoms with Gasteiger partial charge in [0.1, 0.15) is 5.82 Å². The van der Waals surface area contributed by atoms with Crippen LogP contribution in [-0.4, -0.2) is 32.7 Å². The molecule has 2 aromatic rings. The Morgan fingerprint density at radius 3 is 2.89 bits per heavy atom. The van der Waals surface area contributed by atoms with Crippen molar-refractivity contribution in [2.75, 3.05) is 12.9 Å². The van der Waals surface area contributed by atoms with Crippen LogP contribution in [0, 0.1) is 0 Å². The Bertz CT molecular complexity index is 530. The molecule has 18 heavy (non-hydrogen) atoms. The first kappa shape index (κ1) is 13.4. The minimum atomic E-state index is 0.150. The maximum Gasteiger partial charge on any atom is 0.195 e. The Labute approximate surface area is 115 Å². The van der Waals surface area contributed by atoms with E-state index >= 15 is 0 Å². The molecule has 1 N–H and O–H groups in total. The van der Waals surface area contributed by atoms with Crippen LogP contribution in [0.2, 0.25) is 5.02 Å². The monoisotopic (exact) mass is 283 g/mol. The van der Waals surface area contributed by atoms with Gasteiger partial charge in [-0.2, -0.15) is 0 Å². The fourth-order valence-corrected chi connectivity index (χ4v) is 2.41. The van der Waals surface area contributed by atoms with Gasteiger partial charge >= 0.3 is 0 Å². The SMILES string of the molecule is CSc1nnc(CCCO)n1-c1cccc(Cl)c1. The molecule has 0 aliphatic rings. The topological polar surface area (TPSA) is 50.9 Å². The van der Waals surface area contributed by atoms with Gasteiger partial charge in [0.15, 0.2) is 5.16 Å². The quantitative estimate of drug-likeness (QED) is 0.857. The van der Waals surface area contributed by atoms with Crippen molar-refractivity contribution >= 4 is 23.4 Å². The van der Waals surface area contributed by atoms with Crippen LogP contribution in [0.4, 0.5) is 0 Å². The second-order valence-electron chi connectivity index (χ2n) is 3.75. The molecule has 2 rings (SSSR count). The fourth-order valence-electron chi connectivity index (χ4n) is 1.71. The molecule has 0 aliphatic heterocycles. The number of aromatic nitrogens is 3. The zero-order valence-corrected chi connectivity index (χ0v) is 11.6. The Kier molecular flexibility index (Phi) is 4.63. The van der Waals surface area contributed by atoms with Crippen LogP contribution in [0.5, 0.6) is 0 Å². The van der Waals surface area contributed by atoms with Gasteiger partial charge in [0.25, 0.3) is 0 Å². The Balaban J connectivity index is 2.43. The number of benzene rings is 1. The zero-order valence-electron chi connectivity index (χ0n) is 10.0. The lowest BCUT2D eigenvalue weighted by Crippen LogP contribution is -2.03. The molecule has 96 valence electrons. The molecule has 0 amide bonds. The highest BCUT2D eigenvalue weighted by Gasteiger charge is 2.12. The third kappa shape index (κ3) is 2.85. The van der Waals surface area contributed by atoms with Gasteiger partial charge in [-0.1, -0.05) is 29.4 Å². The van der Waals surface area contributed by atoms with Crippen molar-refractivity contribution in [1.29, 1.82) is 0 Å². The van der Waals surface area contributed by atoms with Crippen LogP contribution in [0.25, 0.3) is 5.69 Å². The molecule has 1 aromatic carbocycles. The van der Waals surface area contributed by atoms with E-state index in [0.717, 1.165) is 16.7 Å². The summed E-state index contributed by atoms with van der Waals surface area (Å²) in [6.07, 6.45) is 3.32. The first-order valence-corrected chi connectivity index (χ1v) is 7.21. The smallest absolute Gasteiger partial charge is 0.195 e. The van der Waals surface area contributed by atoms with Crippen LogP contribution in [-0.2, 0) is 6.42 Å². The first-order chi connectivity index (χ1) is 8.76. The van der Waals surface area contributed by atoms with Crippen LogP contribution in [0.1, 0.15) is 12.2 Å². The lowest BCUT2D eigenvalue weighted by Gasteiger charge is -2.09. The van der Waals surface area contributed by atoms with E-state index in [0.29, 0.717) is 17.9 Å². The summed E-state index contributed by atoms with van der Waals surface area (Å²) in [5.41, 5.74) is 0.949. The minimum Gasteiger partial charge on any atom is -0.396 e. The van der Waals surface area contributed by atoms with E-state index < -0.39 is 0 Å². The summed E-state index contributed by atoms with van der Waals surface area (Å²) in [5, 5.41) is 18.7. The van der Waals surface area contributed by atoms with E-state index in [1.807, 2.05) is 35.1 Å². The Morgan fingerprint density at radius 1 is 1.39 bits per heavy atom. The largest absolute Gasteiger partial charge is 0.396 e. The van der Waals surface area contributed by atoms with Gasteiger partial charge in [-0.25, -0.2) is 0 Å². The molecule has 0 spiro atoms. The molecule has 1 heterocycles. The van der Waals surface area contributed by atoms with E-state index in [1.165, 1.54) is 11.8 Å². The molecule has 0 saturated carbocycles. The van der Waals surface area contributed by atoms with Crippen molar-refractivity contribution in [3.05, 3.63) is 35.1 Å². The third-order valence-corrected chi connectivity index (χ3v) is 3.37. The first-order valence-electron chi connectivity index (χ1n) is 5.61. The summed E-state index contributed by atoms with van der Waals surface area (Å²) in [5.74, 6) is 0.843. The molecule has 0 fully saturated rings. The van der Waals surface area contributed by atoms with Gasteiger partial charge in [0.05, 0.1) is 5.69 Å². The maximum atomic E-state index is 8.91. The molecule has 0 saturated heterocycles. The normalized spacial score (nSPS) is 10.8. The molecule has 0 unspecified atom stereocenters. The summed E-state index contributed by atoms with van der Waals surface area (Å²) >= 11 is 7.55. The summed E-state index contributed by atoms with van der Waals surface area (Å²) in [6, 6.07) is 7.59. The molecular weight excluding hydrogens is 270 g/mol. The zero-order chi connectivity index (χ0) is 13.0. The van der Waals surface area contributed by atoms with Crippen molar-refractivity contribution in [2.45, 2.75) is 18.0 Å². The van der Waals surface area contributed by atoms with Crippen molar-refractivity contribution in [1.82, 2.24) is 14.8 Å². The third-order valence-electron chi connectivity index (χ3n) is 2.51. The number of halogens is 1. The number of hydrogen-bond donors (Lipinski definition) is 1. The molecule has 4 nitrogen and oxygen atoms in total. The van der Waals surface area contributed by atoms with Gasteiger partial charge in [0.2, 0.25) is 0 Å². The van der Waals surface area contributed by atoms with E-state index in [4.69, 9.17) is 16.7 Å². The number of aliphatic hydroxyl groups excluding tert-OH is 1. The number of aliphatic hydroxyl groups is 1. The number of nitrogens with zero attached hydrogens (tertiary/aromatic N) is 3. The summed E-state index contributed by atoms with van der Waals surface area (Å²) < 4.78 is 1.98. The fraction of sp³-hybridized carbons (Fsp3) is 0.333. The van der Waals surface area contributed by atoms with Gasteiger partial charge < -0.3 is 5.11 Å². The highest BCUT2D eigenvalue weighted by molar-refractivity contribution is 7.98. The Hall–Kier alpha value is -1.04. The molecule has 1 aromatic heterocycles. The van der Waals surface area contributed by atoms with Gasteiger partial charge in [-0.05, 0) is 30.9 Å². The second-order valence-corrected chi connectivity index (χ2v) is 4.96. The van der Waals surface area contributed by atoms with Crippen LogP contribution < -0.4 is 0 Å². The van der Waals surface area contributed by atoms with Crippen molar-refractivity contribution < 1.29 is 5.11 Å². The summed E-state index contributed by atoms with van der Waals surface area (Å²) in [4.78, 5) is 0. The second kappa shape index (κ2) is 6.22. The van der Waals surface area contributed by atoms with Crippen molar-refractivity contribution in [3.8, 4) is 5.69 Å². The summed E-state index contributed by atoms with van der Waals surface area (Å²) in [6.45, 7) is 0.150. The lowest BCUT2D eigenvalue weighted by molar-refractivity contribution is 0.287. The lowest BCUT2D eigenvalue weighted by atomic mass is 10.3. The molecular formula is C12H14ClN3OS. The molecule has 6 heteroatoms. The Morgan fingerprint density at radius 2 is 2.22 bits per heavy atom. The van der Waals surface area contributed by atoms with Gasteiger partial charge in [-0.3, -0.25) is 4.57 Å². The van der Waals surface area contributed by atoms with E-state index in [9.17, 15) is 0 Å². The van der Waals surface area contributed by atoms with E-state index in [2.05, 4.69) is 10.2 Å². The van der Waals surface area contributed by atoms with Gasteiger partial charge in [0, 0.05) is 18.1 Å². The average molecular weight is 284 g/mol. The highest BCUT2D eigenvalue weighted by Crippen LogP contribution is 2.22. The van der Waals surface area contributed by atoms with E-state index in [1.54, 1.807) is 0 Å². The predicted molar refractivity (Wildman–Crippen MR) is 73.6 cm³/mol. The maximum absolute atomic E-state index is 8.91. The molecule has 0 aliphatic carbocycles. The number of thioether (sulfide) groups is 1. The van der Waals surface area contributed by atoms with Crippen molar-refractivity contribution in [3.63, 3.8) is 0 Å². The molecule has 0 radical (unpaired) electrons. The standard InChI is InChI=1S/C12H14ClN3OS/c1-18-12-15-14-11(6-3-7-17)16(12)10-5-2-4-9(13)8-10/h2,4-5,8,17H,3,6-7H2,1H3. The molecule has 0 atom stereocenters. The highest BCUT2D eigenvalue weighted by atomic mass is 35.5. The average Bonchev–Trinajstić information content (AvgIpc) is 2.79. The van der Waals surface area contributed by atoms with Gasteiger partial charge in [-0.15, -0.1) is 10.2 Å². The van der Waals surface area contributed by atoms with Crippen LogP contribution in [0.3, 0.4) is 0 Å². The van der Waals surface area contributed by atoms with Crippen LogP contribution in [0.15, 0.2) is 29.4 Å². The number of rotatable bonds is 5. The molecule has 0 bridgehead atoms. The van der Waals surface area contributed by atoms with E-state index in [-0.39, 0.29) is 6.61 Å². The number of hydrogen-bond acceptors (Lipinski definition) is 4. The van der Waals surface area contributed by atoms with Crippen molar-refractivity contribution in [2.24, 2.45) is 0 Å². The minimum absolute atomic E-state index is 0.150. The van der Waals surface area contributed by atoms with Crippen LogP contribution >= 0.6 is 23.4 Å².